The van der Waals surface area contributed by atoms with E-state index in [2.05, 4.69) is 22.4 Å². The molecule has 2 aromatic rings. The Kier molecular flexibility index (Phi) is 3.54. The van der Waals surface area contributed by atoms with Crippen molar-refractivity contribution in [2.24, 2.45) is 5.84 Å². The zero-order chi connectivity index (χ0) is 13.3. The number of nitrogens with zero attached hydrogens (tertiary/aromatic N) is 3. The third kappa shape index (κ3) is 2.32. The molecule has 0 aromatic carbocycles. The lowest BCUT2D eigenvalue weighted by Gasteiger charge is -2.08. The average molecular weight is 266 g/mol. The molecule has 0 aliphatic carbocycles. The van der Waals surface area contributed by atoms with Crippen molar-refractivity contribution in [2.45, 2.75) is 27.3 Å². The van der Waals surface area contributed by atoms with Gasteiger partial charge >= 0.3 is 0 Å². The molecule has 0 atom stereocenters. The van der Waals surface area contributed by atoms with Crippen molar-refractivity contribution >= 4 is 17.4 Å². The highest BCUT2D eigenvalue weighted by Gasteiger charge is 2.10. The molecule has 0 amide bonds. The van der Waals surface area contributed by atoms with Crippen LogP contribution in [0.2, 0.25) is 5.02 Å². The molecule has 0 spiro atoms. The van der Waals surface area contributed by atoms with Crippen molar-refractivity contribution in [1.82, 2.24) is 14.8 Å². The third-order valence-corrected chi connectivity index (χ3v) is 3.45. The van der Waals surface area contributed by atoms with Crippen LogP contribution in [0.15, 0.2) is 12.1 Å². The topological polar surface area (TPSA) is 68.8 Å². The molecule has 0 fully saturated rings. The summed E-state index contributed by atoms with van der Waals surface area (Å²) in [6.07, 6.45) is 0. The maximum atomic E-state index is 6.13. The van der Waals surface area contributed by atoms with Crippen molar-refractivity contribution in [3.8, 4) is 0 Å². The molecule has 0 aliphatic heterocycles. The smallest absolute Gasteiger partial charge is 0.140 e. The molecular weight excluding hydrogens is 250 g/mol. The minimum absolute atomic E-state index is 0.537. The Bertz CT molecular complexity index is 576. The maximum absolute atomic E-state index is 6.13. The highest BCUT2D eigenvalue weighted by molar-refractivity contribution is 6.31. The Hall–Kier alpha value is -1.59. The number of aromatic nitrogens is 3. The summed E-state index contributed by atoms with van der Waals surface area (Å²) in [6.45, 7) is 6.62. The quantitative estimate of drug-likeness (QED) is 0.659. The van der Waals surface area contributed by atoms with Gasteiger partial charge in [-0.3, -0.25) is 4.68 Å². The van der Waals surface area contributed by atoms with Crippen LogP contribution in [0.4, 0.5) is 5.82 Å². The number of halogens is 1. The SMILES string of the molecule is Cc1nn(Cc2nc(NN)ccc2Cl)c(C)c1C. The zero-order valence-electron chi connectivity index (χ0n) is 10.7. The fourth-order valence-corrected chi connectivity index (χ4v) is 1.92. The van der Waals surface area contributed by atoms with Crippen molar-refractivity contribution in [3.05, 3.63) is 39.8 Å². The number of hydrogen-bond donors (Lipinski definition) is 2. The molecule has 3 N–H and O–H groups in total. The molecule has 0 saturated carbocycles. The van der Waals surface area contributed by atoms with Crippen LogP contribution in [0.3, 0.4) is 0 Å². The van der Waals surface area contributed by atoms with Gasteiger partial charge in [-0.05, 0) is 38.5 Å². The summed E-state index contributed by atoms with van der Waals surface area (Å²) in [5.74, 6) is 5.93. The highest BCUT2D eigenvalue weighted by atomic mass is 35.5. The van der Waals surface area contributed by atoms with Gasteiger partial charge in [-0.25, -0.2) is 10.8 Å². The number of rotatable bonds is 3. The van der Waals surface area contributed by atoms with E-state index in [4.69, 9.17) is 17.4 Å². The number of hydrazine groups is 1. The van der Waals surface area contributed by atoms with E-state index < -0.39 is 0 Å². The molecule has 5 nitrogen and oxygen atoms in total. The Labute approximate surface area is 111 Å². The minimum atomic E-state index is 0.537. The number of nitrogen functional groups attached to an aromatic ring is 1. The van der Waals surface area contributed by atoms with Crippen LogP contribution in [-0.4, -0.2) is 14.8 Å². The van der Waals surface area contributed by atoms with Crippen molar-refractivity contribution < 1.29 is 0 Å². The van der Waals surface area contributed by atoms with Crippen LogP contribution in [0, 0.1) is 20.8 Å². The monoisotopic (exact) mass is 265 g/mol. The van der Waals surface area contributed by atoms with Crippen molar-refractivity contribution in [1.29, 1.82) is 0 Å². The number of pyridine rings is 1. The van der Waals surface area contributed by atoms with Gasteiger partial charge in [0.25, 0.3) is 0 Å². The van der Waals surface area contributed by atoms with Gasteiger partial charge in [0.05, 0.1) is 23.0 Å². The van der Waals surface area contributed by atoms with Gasteiger partial charge < -0.3 is 5.43 Å². The average Bonchev–Trinajstić information content (AvgIpc) is 2.60. The second-order valence-corrected chi connectivity index (χ2v) is 4.63. The van der Waals surface area contributed by atoms with Gasteiger partial charge in [-0.15, -0.1) is 0 Å². The first-order valence-corrected chi connectivity index (χ1v) is 6.03. The van der Waals surface area contributed by atoms with Crippen LogP contribution >= 0.6 is 11.6 Å². The Morgan fingerprint density at radius 1 is 1.33 bits per heavy atom. The summed E-state index contributed by atoms with van der Waals surface area (Å²) < 4.78 is 1.90. The van der Waals surface area contributed by atoms with Gasteiger partial charge in [0.1, 0.15) is 5.82 Å². The summed E-state index contributed by atoms with van der Waals surface area (Å²) in [5, 5.41) is 5.08. The van der Waals surface area contributed by atoms with Gasteiger partial charge in [0.15, 0.2) is 0 Å². The number of anilines is 1. The molecule has 2 heterocycles. The highest BCUT2D eigenvalue weighted by Crippen LogP contribution is 2.19. The normalized spacial score (nSPS) is 10.7. The van der Waals surface area contributed by atoms with Crippen molar-refractivity contribution in [2.75, 3.05) is 5.43 Å². The zero-order valence-corrected chi connectivity index (χ0v) is 11.4. The first-order chi connectivity index (χ1) is 8.52. The number of nitrogens with two attached hydrogens (primary N) is 1. The van der Waals surface area contributed by atoms with Crippen LogP contribution in [0.25, 0.3) is 0 Å². The van der Waals surface area contributed by atoms with E-state index in [1.165, 1.54) is 5.56 Å². The van der Waals surface area contributed by atoms with E-state index in [1.54, 1.807) is 12.1 Å². The maximum Gasteiger partial charge on any atom is 0.140 e. The van der Waals surface area contributed by atoms with Gasteiger partial charge in [-0.1, -0.05) is 11.6 Å². The van der Waals surface area contributed by atoms with Gasteiger partial charge in [0.2, 0.25) is 0 Å². The molecule has 0 radical (unpaired) electrons. The third-order valence-electron chi connectivity index (χ3n) is 3.11. The largest absolute Gasteiger partial charge is 0.308 e. The molecule has 18 heavy (non-hydrogen) atoms. The molecule has 6 heteroatoms. The van der Waals surface area contributed by atoms with E-state index in [0.29, 0.717) is 17.4 Å². The molecular formula is C12H16ClN5. The summed E-state index contributed by atoms with van der Waals surface area (Å²) in [4.78, 5) is 4.34. The summed E-state index contributed by atoms with van der Waals surface area (Å²) in [5.41, 5.74) is 6.60. The fourth-order valence-electron chi connectivity index (χ4n) is 1.76. The molecule has 96 valence electrons. The summed E-state index contributed by atoms with van der Waals surface area (Å²) in [6, 6.07) is 3.51. The molecule has 2 rings (SSSR count). The molecule has 0 unspecified atom stereocenters. The number of nitrogens with one attached hydrogen (secondary N) is 1. The van der Waals surface area contributed by atoms with Gasteiger partial charge in [-0.2, -0.15) is 5.10 Å². The van der Waals surface area contributed by atoms with E-state index in [0.717, 1.165) is 17.1 Å². The minimum Gasteiger partial charge on any atom is -0.308 e. The van der Waals surface area contributed by atoms with E-state index >= 15 is 0 Å². The summed E-state index contributed by atoms with van der Waals surface area (Å²) in [7, 11) is 0. The van der Waals surface area contributed by atoms with E-state index in [-0.39, 0.29) is 0 Å². The Balaban J connectivity index is 2.36. The van der Waals surface area contributed by atoms with Crippen LogP contribution < -0.4 is 11.3 Å². The molecule has 0 bridgehead atoms. The predicted molar refractivity (Wildman–Crippen MR) is 72.6 cm³/mol. The van der Waals surface area contributed by atoms with Crippen molar-refractivity contribution in [3.63, 3.8) is 0 Å². The lowest BCUT2D eigenvalue weighted by molar-refractivity contribution is 0.647. The molecule has 0 saturated heterocycles. The van der Waals surface area contributed by atoms with E-state index in [1.807, 2.05) is 18.5 Å². The lowest BCUT2D eigenvalue weighted by Crippen LogP contribution is -2.11. The number of aryl methyl sites for hydroxylation is 1. The standard InChI is InChI=1S/C12H16ClN5/c1-7-8(2)17-18(9(7)3)6-11-10(13)4-5-12(15-11)16-14/h4-5H,6,14H2,1-3H3,(H,15,16). The van der Waals surface area contributed by atoms with Crippen LogP contribution in [0.1, 0.15) is 22.6 Å². The Morgan fingerprint density at radius 2 is 2.06 bits per heavy atom. The second-order valence-electron chi connectivity index (χ2n) is 4.22. The van der Waals surface area contributed by atoms with Crippen LogP contribution in [0.5, 0.6) is 0 Å². The predicted octanol–water partition coefficient (Wildman–Crippen LogP) is 2.19. The fraction of sp³-hybridized carbons (Fsp3) is 0.333. The number of hydrogen-bond acceptors (Lipinski definition) is 4. The van der Waals surface area contributed by atoms with Crippen LogP contribution in [-0.2, 0) is 6.54 Å². The second kappa shape index (κ2) is 4.96. The summed E-state index contributed by atoms with van der Waals surface area (Å²) >= 11 is 6.13. The Morgan fingerprint density at radius 3 is 2.61 bits per heavy atom. The molecule has 0 aliphatic rings. The van der Waals surface area contributed by atoms with Gasteiger partial charge in [0, 0.05) is 5.69 Å². The first kappa shape index (κ1) is 12.9. The van der Waals surface area contributed by atoms with E-state index in [9.17, 15) is 0 Å². The lowest BCUT2D eigenvalue weighted by atomic mass is 10.2. The first-order valence-electron chi connectivity index (χ1n) is 5.65. The molecule has 2 aromatic heterocycles.